The maximum atomic E-state index is 13.5. The molecule has 0 aliphatic carbocycles. The van der Waals surface area contributed by atoms with E-state index < -0.39 is 11.7 Å². The fourth-order valence-corrected chi connectivity index (χ4v) is 4.45. The van der Waals surface area contributed by atoms with Gasteiger partial charge >= 0.3 is 6.18 Å². The van der Waals surface area contributed by atoms with E-state index in [1.54, 1.807) is 15.9 Å². The van der Waals surface area contributed by atoms with E-state index >= 15 is 0 Å². The lowest BCUT2D eigenvalue weighted by atomic mass is 10.1. The lowest BCUT2D eigenvalue weighted by Gasteiger charge is -2.34. The molecule has 7 nitrogen and oxygen atoms in total. The predicted octanol–water partition coefficient (Wildman–Crippen LogP) is 3.11. The van der Waals surface area contributed by atoms with Gasteiger partial charge in [-0.3, -0.25) is 9.59 Å². The van der Waals surface area contributed by atoms with Crippen LogP contribution in [-0.2, 0) is 17.5 Å². The van der Waals surface area contributed by atoms with Crippen molar-refractivity contribution in [1.82, 2.24) is 24.6 Å². The highest BCUT2D eigenvalue weighted by Gasteiger charge is 2.35. The molecular formula is C20H20F3N5O2S. The SMILES string of the molecule is Cc1cc(C(F)(F)F)c2c(C)nn(CC(=O)N3CCN(C(=O)c4cccs4)CC3)c2n1. The van der Waals surface area contributed by atoms with Gasteiger partial charge in [-0.25, -0.2) is 9.67 Å². The zero-order chi connectivity index (χ0) is 22.3. The normalized spacial score (nSPS) is 15.0. The Kier molecular flexibility index (Phi) is 5.46. The van der Waals surface area contributed by atoms with Crippen molar-refractivity contribution in [2.75, 3.05) is 26.2 Å². The summed E-state index contributed by atoms with van der Waals surface area (Å²) in [4.78, 5) is 33.4. The van der Waals surface area contributed by atoms with Gasteiger partial charge < -0.3 is 9.80 Å². The Morgan fingerprint density at radius 3 is 2.42 bits per heavy atom. The van der Waals surface area contributed by atoms with Crippen LogP contribution in [0.3, 0.4) is 0 Å². The number of piperazine rings is 1. The summed E-state index contributed by atoms with van der Waals surface area (Å²) in [7, 11) is 0. The van der Waals surface area contributed by atoms with Crippen LogP contribution in [0.4, 0.5) is 13.2 Å². The largest absolute Gasteiger partial charge is 0.417 e. The molecule has 1 fully saturated rings. The first-order chi connectivity index (χ1) is 14.6. The van der Waals surface area contributed by atoms with Crippen molar-refractivity contribution in [3.8, 4) is 0 Å². The molecule has 0 bridgehead atoms. The van der Waals surface area contributed by atoms with Crippen molar-refractivity contribution in [3.05, 3.63) is 45.4 Å². The molecule has 2 amide bonds. The van der Waals surface area contributed by atoms with Crippen LogP contribution >= 0.6 is 11.3 Å². The molecule has 4 heterocycles. The maximum Gasteiger partial charge on any atom is 0.417 e. The van der Waals surface area contributed by atoms with E-state index in [2.05, 4.69) is 10.1 Å². The second kappa shape index (κ2) is 7.95. The molecule has 0 spiro atoms. The quantitative estimate of drug-likeness (QED) is 0.614. The Labute approximate surface area is 180 Å². The minimum absolute atomic E-state index is 0.0460. The highest BCUT2D eigenvalue weighted by Crippen LogP contribution is 2.36. The lowest BCUT2D eigenvalue weighted by molar-refractivity contribution is -0.136. The zero-order valence-corrected chi connectivity index (χ0v) is 17.8. The number of rotatable bonds is 3. The third-order valence-corrected chi connectivity index (χ3v) is 6.11. The molecule has 0 atom stereocenters. The fourth-order valence-electron chi connectivity index (χ4n) is 3.76. The molecule has 11 heteroatoms. The minimum atomic E-state index is -4.54. The number of fused-ring (bicyclic) bond motifs is 1. The monoisotopic (exact) mass is 451 g/mol. The summed E-state index contributed by atoms with van der Waals surface area (Å²) in [6, 6.07) is 4.57. The molecule has 0 saturated carbocycles. The van der Waals surface area contributed by atoms with Crippen molar-refractivity contribution in [2.45, 2.75) is 26.6 Å². The van der Waals surface area contributed by atoms with Crippen molar-refractivity contribution < 1.29 is 22.8 Å². The van der Waals surface area contributed by atoms with Gasteiger partial charge in [0.25, 0.3) is 5.91 Å². The lowest BCUT2D eigenvalue weighted by Crippen LogP contribution is -2.51. The Bertz CT molecular complexity index is 1130. The van der Waals surface area contributed by atoms with Crippen LogP contribution in [0.25, 0.3) is 11.0 Å². The number of halogens is 3. The number of hydrogen-bond donors (Lipinski definition) is 0. The molecule has 4 rings (SSSR count). The Morgan fingerprint density at radius 2 is 1.81 bits per heavy atom. The molecule has 31 heavy (non-hydrogen) atoms. The summed E-state index contributed by atoms with van der Waals surface area (Å²) in [5.74, 6) is -0.334. The number of aryl methyl sites for hydroxylation is 2. The van der Waals surface area contributed by atoms with Gasteiger partial charge in [0.15, 0.2) is 5.65 Å². The summed E-state index contributed by atoms with van der Waals surface area (Å²) in [6.45, 7) is 4.26. The summed E-state index contributed by atoms with van der Waals surface area (Å²) >= 11 is 1.37. The number of hydrogen-bond acceptors (Lipinski definition) is 5. The third-order valence-electron chi connectivity index (χ3n) is 5.25. The van der Waals surface area contributed by atoms with Crippen LogP contribution < -0.4 is 0 Å². The van der Waals surface area contributed by atoms with E-state index in [4.69, 9.17) is 0 Å². The fraction of sp³-hybridized carbons (Fsp3) is 0.400. The number of aromatic nitrogens is 3. The molecule has 1 saturated heterocycles. The van der Waals surface area contributed by atoms with Gasteiger partial charge in [-0.05, 0) is 31.4 Å². The minimum Gasteiger partial charge on any atom is -0.338 e. The maximum absolute atomic E-state index is 13.5. The Morgan fingerprint density at radius 1 is 1.13 bits per heavy atom. The van der Waals surface area contributed by atoms with Crippen LogP contribution in [0.5, 0.6) is 0 Å². The van der Waals surface area contributed by atoms with E-state index in [-0.39, 0.29) is 40.8 Å². The summed E-state index contributed by atoms with van der Waals surface area (Å²) in [5, 5.41) is 5.91. The molecule has 3 aromatic heterocycles. The summed E-state index contributed by atoms with van der Waals surface area (Å²) < 4.78 is 41.7. The first-order valence-corrected chi connectivity index (χ1v) is 10.6. The Hall–Kier alpha value is -2.95. The van der Waals surface area contributed by atoms with Gasteiger partial charge in [-0.1, -0.05) is 6.07 Å². The van der Waals surface area contributed by atoms with E-state index in [1.807, 2.05) is 11.4 Å². The highest BCUT2D eigenvalue weighted by atomic mass is 32.1. The topological polar surface area (TPSA) is 71.3 Å². The molecule has 0 aromatic carbocycles. The van der Waals surface area contributed by atoms with Gasteiger partial charge in [-0.15, -0.1) is 11.3 Å². The smallest absolute Gasteiger partial charge is 0.338 e. The van der Waals surface area contributed by atoms with E-state index in [0.29, 0.717) is 31.1 Å². The van der Waals surface area contributed by atoms with Crippen LogP contribution in [0.15, 0.2) is 23.6 Å². The average Bonchev–Trinajstić information content (AvgIpc) is 3.35. The van der Waals surface area contributed by atoms with Crippen LogP contribution in [0.2, 0.25) is 0 Å². The molecule has 0 N–H and O–H groups in total. The molecule has 0 radical (unpaired) electrons. The number of nitrogens with zero attached hydrogens (tertiary/aromatic N) is 5. The van der Waals surface area contributed by atoms with Crippen LogP contribution in [-0.4, -0.2) is 62.6 Å². The number of thiophene rings is 1. The Balaban J connectivity index is 1.50. The van der Waals surface area contributed by atoms with Crippen molar-refractivity contribution in [2.24, 2.45) is 0 Å². The number of amides is 2. The van der Waals surface area contributed by atoms with Crippen molar-refractivity contribution in [1.29, 1.82) is 0 Å². The number of carbonyl (C=O) groups is 2. The average molecular weight is 451 g/mol. The molecule has 1 aliphatic rings. The number of pyridine rings is 1. The van der Waals surface area contributed by atoms with E-state index in [1.165, 1.54) is 29.9 Å². The predicted molar refractivity (Wildman–Crippen MR) is 109 cm³/mol. The highest BCUT2D eigenvalue weighted by molar-refractivity contribution is 7.12. The first-order valence-electron chi connectivity index (χ1n) is 9.67. The first kappa shape index (κ1) is 21.3. The van der Waals surface area contributed by atoms with Gasteiger partial charge in [0, 0.05) is 31.9 Å². The standard InChI is InChI=1S/C20H20F3N5O2S/c1-12-10-14(20(21,22)23)17-13(2)25-28(18(17)24-12)11-16(29)26-5-7-27(8-6-26)19(30)15-4-3-9-31-15/h3-4,9-10H,5-8,11H2,1-2H3. The second-order valence-electron chi connectivity index (χ2n) is 7.40. The van der Waals surface area contributed by atoms with Gasteiger partial charge in [-0.2, -0.15) is 18.3 Å². The van der Waals surface area contributed by atoms with Gasteiger partial charge in [0.1, 0.15) is 6.54 Å². The molecule has 3 aromatic rings. The second-order valence-corrected chi connectivity index (χ2v) is 8.35. The van der Waals surface area contributed by atoms with Crippen LogP contribution in [0.1, 0.15) is 26.6 Å². The number of alkyl halides is 3. The molecule has 1 aliphatic heterocycles. The number of carbonyl (C=O) groups excluding carboxylic acids is 2. The zero-order valence-electron chi connectivity index (χ0n) is 16.9. The molecular weight excluding hydrogens is 431 g/mol. The third kappa shape index (κ3) is 4.14. The molecule has 0 unspecified atom stereocenters. The van der Waals surface area contributed by atoms with Crippen LogP contribution in [0, 0.1) is 13.8 Å². The molecule has 164 valence electrons. The van der Waals surface area contributed by atoms with Crippen molar-refractivity contribution >= 4 is 34.2 Å². The summed E-state index contributed by atoms with van der Waals surface area (Å²) in [6.07, 6.45) is -4.54. The van der Waals surface area contributed by atoms with E-state index in [0.717, 1.165) is 6.07 Å². The van der Waals surface area contributed by atoms with Crippen molar-refractivity contribution in [3.63, 3.8) is 0 Å². The van der Waals surface area contributed by atoms with Gasteiger partial charge in [0.05, 0.1) is 21.5 Å². The van der Waals surface area contributed by atoms with Gasteiger partial charge in [0.2, 0.25) is 5.91 Å². The van der Waals surface area contributed by atoms with E-state index in [9.17, 15) is 22.8 Å². The summed E-state index contributed by atoms with van der Waals surface area (Å²) in [5.41, 5.74) is -0.375.